The van der Waals surface area contributed by atoms with Gasteiger partial charge in [-0.2, -0.15) is 11.8 Å². The fourth-order valence-electron chi connectivity index (χ4n) is 2.15. The van der Waals surface area contributed by atoms with Gasteiger partial charge in [-0.1, -0.05) is 25.0 Å². The lowest BCUT2D eigenvalue weighted by Crippen LogP contribution is -2.08. The lowest BCUT2D eigenvalue weighted by Gasteiger charge is -2.07. The number of Topliss-reactive ketones (excluding diaryl/α,β-unsaturated/α-hetero) is 1. The summed E-state index contributed by atoms with van der Waals surface area (Å²) in [6, 6.07) is 8.24. The van der Waals surface area contributed by atoms with E-state index in [1.807, 2.05) is 11.8 Å². The number of carbonyl (C=O) groups excluding carboxylic acids is 1. The summed E-state index contributed by atoms with van der Waals surface area (Å²) in [4.78, 5) is 11.8. The van der Waals surface area contributed by atoms with Crippen LogP contribution >= 0.6 is 34.4 Å². The number of halogens is 1. The Hall–Kier alpha value is -0.0300. The number of hydrogen-bond acceptors (Lipinski definition) is 2. The monoisotopic (exact) mass is 360 g/mol. The Morgan fingerprint density at radius 3 is 2.53 bits per heavy atom. The average molecular weight is 360 g/mol. The molecule has 17 heavy (non-hydrogen) atoms. The van der Waals surface area contributed by atoms with Gasteiger partial charge in [-0.15, -0.1) is 0 Å². The number of rotatable bonds is 5. The largest absolute Gasteiger partial charge is 0.298 e. The Bertz CT molecular complexity index is 368. The molecular weight excluding hydrogens is 343 g/mol. The van der Waals surface area contributed by atoms with Crippen molar-refractivity contribution in [1.29, 1.82) is 0 Å². The second-order valence-corrected chi connectivity index (χ2v) is 7.09. The molecular formula is C14H17IOS. The van der Waals surface area contributed by atoms with Crippen LogP contribution in [-0.4, -0.2) is 16.8 Å². The summed E-state index contributed by atoms with van der Waals surface area (Å²) in [6.45, 7) is 0. The number of benzene rings is 1. The Labute approximate surface area is 121 Å². The van der Waals surface area contributed by atoms with Crippen molar-refractivity contribution in [2.75, 3.05) is 5.75 Å². The molecule has 1 aliphatic rings. The van der Waals surface area contributed by atoms with E-state index in [9.17, 15) is 4.79 Å². The van der Waals surface area contributed by atoms with E-state index in [4.69, 9.17) is 0 Å². The minimum atomic E-state index is 0.364. The predicted octanol–water partition coefficient (Wildman–Crippen LogP) is 4.08. The lowest BCUT2D eigenvalue weighted by atomic mass is 10.1. The van der Waals surface area contributed by atoms with Crippen molar-refractivity contribution in [2.45, 2.75) is 37.4 Å². The highest BCUT2D eigenvalue weighted by Crippen LogP contribution is 2.29. The molecule has 0 unspecified atom stereocenters. The van der Waals surface area contributed by atoms with Crippen molar-refractivity contribution >= 4 is 40.1 Å². The van der Waals surface area contributed by atoms with Gasteiger partial charge in [0.2, 0.25) is 0 Å². The number of hydrogen-bond donors (Lipinski definition) is 0. The maximum Gasteiger partial charge on any atom is 0.147 e. The molecule has 2 rings (SSSR count). The van der Waals surface area contributed by atoms with E-state index in [1.165, 1.54) is 29.3 Å². The van der Waals surface area contributed by atoms with Crippen molar-refractivity contribution in [3.05, 3.63) is 33.4 Å². The molecule has 1 saturated carbocycles. The van der Waals surface area contributed by atoms with Crippen molar-refractivity contribution in [3.63, 3.8) is 0 Å². The maximum absolute atomic E-state index is 11.8. The van der Waals surface area contributed by atoms with Crippen molar-refractivity contribution < 1.29 is 4.79 Å². The molecule has 1 nitrogen and oxygen atoms in total. The summed E-state index contributed by atoms with van der Waals surface area (Å²) in [6.07, 6.45) is 5.91. The Morgan fingerprint density at radius 1 is 1.24 bits per heavy atom. The van der Waals surface area contributed by atoms with Gasteiger partial charge in [-0.25, -0.2) is 0 Å². The second-order valence-electron chi connectivity index (χ2n) is 4.56. The van der Waals surface area contributed by atoms with Gasteiger partial charge in [0.15, 0.2) is 0 Å². The first-order valence-electron chi connectivity index (χ1n) is 6.12. The van der Waals surface area contributed by atoms with Crippen molar-refractivity contribution in [3.8, 4) is 0 Å². The number of carbonyl (C=O) groups is 1. The van der Waals surface area contributed by atoms with Crippen LogP contribution in [0.1, 0.15) is 31.2 Å². The van der Waals surface area contributed by atoms with E-state index in [-0.39, 0.29) is 0 Å². The summed E-state index contributed by atoms with van der Waals surface area (Å²) < 4.78 is 1.22. The van der Waals surface area contributed by atoms with Crippen LogP contribution in [0.2, 0.25) is 0 Å². The molecule has 0 aliphatic heterocycles. The molecule has 0 bridgehead atoms. The topological polar surface area (TPSA) is 17.1 Å². The van der Waals surface area contributed by atoms with Crippen molar-refractivity contribution in [2.24, 2.45) is 0 Å². The molecule has 0 N–H and O–H groups in total. The number of ketones is 1. The van der Waals surface area contributed by atoms with Gasteiger partial charge in [0.05, 0.1) is 5.75 Å². The summed E-state index contributed by atoms with van der Waals surface area (Å²) in [5.74, 6) is 1.06. The zero-order valence-corrected chi connectivity index (χ0v) is 12.8. The van der Waals surface area contributed by atoms with Crippen LogP contribution < -0.4 is 0 Å². The van der Waals surface area contributed by atoms with Crippen LogP contribution in [0.25, 0.3) is 0 Å². The van der Waals surface area contributed by atoms with Gasteiger partial charge >= 0.3 is 0 Å². The standard InChI is InChI=1S/C14H17IOS/c15-12-7-5-11(6-8-12)9-13(16)10-17-14-3-1-2-4-14/h5-8,14H,1-4,9-10H2. The van der Waals surface area contributed by atoms with E-state index in [2.05, 4.69) is 46.9 Å². The Balaban J connectivity index is 1.74. The van der Waals surface area contributed by atoms with Gasteiger partial charge in [0, 0.05) is 15.2 Å². The third kappa shape index (κ3) is 4.62. The molecule has 1 aromatic rings. The molecule has 3 heteroatoms. The van der Waals surface area contributed by atoms with E-state index >= 15 is 0 Å². The first kappa shape index (κ1) is 13.4. The molecule has 1 fully saturated rings. The quantitative estimate of drug-likeness (QED) is 0.736. The molecule has 92 valence electrons. The van der Waals surface area contributed by atoms with Crippen LogP contribution in [0.4, 0.5) is 0 Å². The van der Waals surface area contributed by atoms with E-state index in [1.54, 1.807) is 0 Å². The molecule has 0 spiro atoms. The first-order chi connectivity index (χ1) is 8.24. The Kier molecular flexibility index (Phi) is 5.35. The summed E-state index contributed by atoms with van der Waals surface area (Å²) in [5, 5.41) is 0.746. The van der Waals surface area contributed by atoms with Crippen LogP contribution in [0.5, 0.6) is 0 Å². The molecule has 0 radical (unpaired) electrons. The van der Waals surface area contributed by atoms with Gasteiger partial charge in [-0.05, 0) is 53.1 Å². The zero-order chi connectivity index (χ0) is 12.1. The minimum absolute atomic E-state index is 0.364. The number of thioether (sulfide) groups is 1. The molecule has 1 aromatic carbocycles. The van der Waals surface area contributed by atoms with E-state index in [0.29, 0.717) is 18.0 Å². The molecule has 0 amide bonds. The molecule has 0 aromatic heterocycles. The molecule has 0 heterocycles. The zero-order valence-electron chi connectivity index (χ0n) is 9.82. The van der Waals surface area contributed by atoms with Gasteiger partial charge in [0.25, 0.3) is 0 Å². The highest BCUT2D eigenvalue weighted by Gasteiger charge is 2.16. The van der Waals surface area contributed by atoms with Gasteiger partial charge in [0.1, 0.15) is 5.78 Å². The second kappa shape index (κ2) is 6.78. The normalized spacial score (nSPS) is 16.3. The Morgan fingerprint density at radius 2 is 1.88 bits per heavy atom. The minimum Gasteiger partial charge on any atom is -0.298 e. The SMILES string of the molecule is O=C(CSC1CCCC1)Cc1ccc(I)cc1. The fraction of sp³-hybridized carbons (Fsp3) is 0.500. The fourth-order valence-corrected chi connectivity index (χ4v) is 3.70. The summed E-state index contributed by atoms with van der Waals surface area (Å²) in [7, 11) is 0. The maximum atomic E-state index is 11.8. The summed E-state index contributed by atoms with van der Waals surface area (Å²) in [5.41, 5.74) is 1.14. The summed E-state index contributed by atoms with van der Waals surface area (Å²) >= 11 is 4.15. The molecule has 0 atom stereocenters. The third-order valence-corrected chi connectivity index (χ3v) is 5.25. The van der Waals surface area contributed by atoms with Crippen LogP contribution in [0, 0.1) is 3.57 Å². The first-order valence-corrected chi connectivity index (χ1v) is 8.24. The predicted molar refractivity (Wildman–Crippen MR) is 82.6 cm³/mol. The smallest absolute Gasteiger partial charge is 0.147 e. The van der Waals surface area contributed by atoms with Gasteiger partial charge < -0.3 is 0 Å². The van der Waals surface area contributed by atoms with Crippen LogP contribution in [-0.2, 0) is 11.2 Å². The molecule has 0 saturated heterocycles. The molecule has 1 aliphatic carbocycles. The van der Waals surface area contributed by atoms with Crippen LogP contribution in [0.15, 0.2) is 24.3 Å². The van der Waals surface area contributed by atoms with Gasteiger partial charge in [-0.3, -0.25) is 4.79 Å². The highest BCUT2D eigenvalue weighted by molar-refractivity contribution is 14.1. The third-order valence-electron chi connectivity index (χ3n) is 3.10. The highest BCUT2D eigenvalue weighted by atomic mass is 127. The average Bonchev–Trinajstić information content (AvgIpc) is 2.83. The lowest BCUT2D eigenvalue weighted by molar-refractivity contribution is -0.116. The van der Waals surface area contributed by atoms with Crippen molar-refractivity contribution in [1.82, 2.24) is 0 Å². The van der Waals surface area contributed by atoms with Crippen LogP contribution in [0.3, 0.4) is 0 Å². The van der Waals surface area contributed by atoms with E-state index < -0.39 is 0 Å². The van der Waals surface area contributed by atoms with E-state index in [0.717, 1.165) is 10.8 Å².